The van der Waals surface area contributed by atoms with Crippen LogP contribution in [0, 0.1) is 6.92 Å². The van der Waals surface area contributed by atoms with Gasteiger partial charge < -0.3 is 15.3 Å². The van der Waals surface area contributed by atoms with E-state index in [0.29, 0.717) is 24.2 Å². The predicted molar refractivity (Wildman–Crippen MR) is 98.7 cm³/mol. The van der Waals surface area contributed by atoms with Crippen LogP contribution < -0.4 is 5.32 Å². The number of aryl methyl sites for hydroxylation is 2. The number of hydrogen-bond donors (Lipinski definition) is 2. The molecule has 1 unspecified atom stereocenters. The summed E-state index contributed by atoms with van der Waals surface area (Å²) >= 11 is 0. The van der Waals surface area contributed by atoms with E-state index in [1.54, 1.807) is 42.1 Å². The van der Waals surface area contributed by atoms with Crippen molar-refractivity contribution in [3.05, 3.63) is 47.3 Å². The predicted octanol–water partition coefficient (Wildman–Crippen LogP) is 2.06. The molecule has 1 aromatic heterocycles. The Hall–Kier alpha value is -3.16. The molecule has 1 atom stereocenters. The van der Waals surface area contributed by atoms with Gasteiger partial charge in [0.25, 0.3) is 11.8 Å². The van der Waals surface area contributed by atoms with Crippen LogP contribution in [0.4, 0.5) is 5.69 Å². The normalized spacial score (nSPS) is 16.8. The minimum atomic E-state index is -0.988. The van der Waals surface area contributed by atoms with E-state index in [1.165, 1.54) is 4.90 Å². The van der Waals surface area contributed by atoms with E-state index in [-0.39, 0.29) is 17.5 Å². The zero-order valence-corrected chi connectivity index (χ0v) is 15.3. The second-order valence-corrected chi connectivity index (χ2v) is 6.68. The van der Waals surface area contributed by atoms with E-state index in [0.717, 1.165) is 18.5 Å². The maximum atomic E-state index is 12.8. The van der Waals surface area contributed by atoms with Gasteiger partial charge in [0.05, 0.1) is 0 Å². The largest absolute Gasteiger partial charge is 0.480 e. The van der Waals surface area contributed by atoms with Crippen LogP contribution in [0.15, 0.2) is 30.3 Å². The number of anilines is 1. The van der Waals surface area contributed by atoms with Crippen molar-refractivity contribution >= 4 is 23.5 Å². The Morgan fingerprint density at radius 1 is 1.22 bits per heavy atom. The third kappa shape index (κ3) is 3.99. The van der Waals surface area contributed by atoms with Crippen LogP contribution in [0.1, 0.15) is 45.8 Å². The zero-order valence-electron chi connectivity index (χ0n) is 15.3. The number of amides is 2. The van der Waals surface area contributed by atoms with Crippen molar-refractivity contribution in [2.45, 2.75) is 32.2 Å². The standard InChI is InChI=1S/C19H22N4O4/c1-12-10-15(21-22(12)2)17(24)20-14-7-5-6-13(11-14)18(25)23-9-4-3-8-16(23)19(26)27/h5-7,10-11,16H,3-4,8-9H2,1-2H3,(H,20,24)(H,26,27). The summed E-state index contributed by atoms with van der Waals surface area (Å²) in [6.07, 6.45) is 2.03. The van der Waals surface area contributed by atoms with Crippen molar-refractivity contribution in [3.8, 4) is 0 Å². The maximum absolute atomic E-state index is 12.8. The lowest BCUT2D eigenvalue weighted by molar-refractivity contribution is -0.143. The Balaban J connectivity index is 1.77. The van der Waals surface area contributed by atoms with E-state index in [2.05, 4.69) is 10.4 Å². The first-order valence-corrected chi connectivity index (χ1v) is 8.82. The lowest BCUT2D eigenvalue weighted by Crippen LogP contribution is -2.48. The van der Waals surface area contributed by atoms with Gasteiger partial charge in [0.1, 0.15) is 6.04 Å². The van der Waals surface area contributed by atoms with E-state index in [1.807, 2.05) is 6.92 Å². The number of likely N-dealkylation sites (tertiary alicyclic amines) is 1. The Bertz CT molecular complexity index is 870. The van der Waals surface area contributed by atoms with Crippen molar-refractivity contribution < 1.29 is 19.5 Å². The van der Waals surface area contributed by atoms with Gasteiger partial charge in [-0.2, -0.15) is 5.10 Å². The highest BCUT2D eigenvalue weighted by molar-refractivity contribution is 6.04. The number of nitrogens with zero attached hydrogens (tertiary/aromatic N) is 3. The number of rotatable bonds is 4. The van der Waals surface area contributed by atoms with Crippen LogP contribution in [0.3, 0.4) is 0 Å². The van der Waals surface area contributed by atoms with Gasteiger partial charge in [-0.05, 0) is 50.5 Å². The SMILES string of the molecule is Cc1cc(C(=O)Nc2cccc(C(=O)N3CCCCC3C(=O)O)c2)nn1C. The summed E-state index contributed by atoms with van der Waals surface area (Å²) in [7, 11) is 1.75. The average molecular weight is 370 g/mol. The molecule has 0 radical (unpaired) electrons. The first kappa shape index (κ1) is 18.6. The Morgan fingerprint density at radius 3 is 2.67 bits per heavy atom. The second-order valence-electron chi connectivity index (χ2n) is 6.68. The molecule has 1 aromatic carbocycles. The first-order valence-electron chi connectivity index (χ1n) is 8.82. The molecule has 27 heavy (non-hydrogen) atoms. The van der Waals surface area contributed by atoms with Crippen LogP contribution >= 0.6 is 0 Å². The summed E-state index contributed by atoms with van der Waals surface area (Å²) in [5.41, 5.74) is 1.94. The topological polar surface area (TPSA) is 105 Å². The fourth-order valence-electron chi connectivity index (χ4n) is 3.19. The lowest BCUT2D eigenvalue weighted by atomic mass is 10.0. The number of carboxylic acid groups (broad SMARTS) is 1. The maximum Gasteiger partial charge on any atom is 0.326 e. The van der Waals surface area contributed by atoms with Gasteiger partial charge in [-0.1, -0.05) is 6.07 Å². The smallest absolute Gasteiger partial charge is 0.326 e. The zero-order chi connectivity index (χ0) is 19.6. The number of carboxylic acids is 1. The first-order chi connectivity index (χ1) is 12.9. The highest BCUT2D eigenvalue weighted by Crippen LogP contribution is 2.21. The minimum Gasteiger partial charge on any atom is -0.480 e. The van der Waals surface area contributed by atoms with Crippen LogP contribution in [0.5, 0.6) is 0 Å². The molecular weight excluding hydrogens is 348 g/mol. The van der Waals surface area contributed by atoms with Crippen molar-refractivity contribution in [3.63, 3.8) is 0 Å². The molecule has 142 valence electrons. The minimum absolute atomic E-state index is 0.286. The highest BCUT2D eigenvalue weighted by Gasteiger charge is 2.32. The van der Waals surface area contributed by atoms with E-state index < -0.39 is 12.0 Å². The Kier molecular flexibility index (Phi) is 5.25. The van der Waals surface area contributed by atoms with Gasteiger partial charge >= 0.3 is 5.97 Å². The Morgan fingerprint density at radius 2 is 2.00 bits per heavy atom. The van der Waals surface area contributed by atoms with Gasteiger partial charge in [0.15, 0.2) is 5.69 Å². The fourth-order valence-corrected chi connectivity index (χ4v) is 3.19. The summed E-state index contributed by atoms with van der Waals surface area (Å²) < 4.78 is 1.61. The van der Waals surface area contributed by atoms with Gasteiger partial charge in [-0.15, -0.1) is 0 Å². The summed E-state index contributed by atoms with van der Waals surface area (Å²) in [6.45, 7) is 2.26. The lowest BCUT2D eigenvalue weighted by Gasteiger charge is -2.33. The molecule has 2 N–H and O–H groups in total. The van der Waals surface area contributed by atoms with E-state index in [9.17, 15) is 19.5 Å². The number of aliphatic carboxylic acids is 1. The molecular formula is C19H22N4O4. The van der Waals surface area contributed by atoms with Crippen molar-refractivity contribution in [2.24, 2.45) is 7.05 Å². The van der Waals surface area contributed by atoms with Crippen LogP contribution in [0.25, 0.3) is 0 Å². The molecule has 1 fully saturated rings. The molecule has 1 aliphatic heterocycles. The fraction of sp³-hybridized carbons (Fsp3) is 0.368. The molecule has 1 aliphatic rings. The summed E-state index contributed by atoms with van der Waals surface area (Å²) in [4.78, 5) is 38.0. The molecule has 0 saturated carbocycles. The van der Waals surface area contributed by atoms with E-state index in [4.69, 9.17) is 0 Å². The molecule has 0 spiro atoms. The van der Waals surface area contributed by atoms with Crippen LogP contribution in [0.2, 0.25) is 0 Å². The molecule has 2 amide bonds. The molecule has 1 saturated heterocycles. The Labute approximate surface area is 156 Å². The van der Waals surface area contributed by atoms with E-state index >= 15 is 0 Å². The monoisotopic (exact) mass is 370 g/mol. The van der Waals surface area contributed by atoms with Gasteiger partial charge in [-0.25, -0.2) is 4.79 Å². The van der Waals surface area contributed by atoms with Crippen molar-refractivity contribution in [2.75, 3.05) is 11.9 Å². The quantitative estimate of drug-likeness (QED) is 0.857. The van der Waals surface area contributed by atoms with Gasteiger partial charge in [-0.3, -0.25) is 14.3 Å². The number of carbonyl (C=O) groups is 3. The third-order valence-electron chi connectivity index (χ3n) is 4.76. The highest BCUT2D eigenvalue weighted by atomic mass is 16.4. The molecule has 8 nitrogen and oxygen atoms in total. The van der Waals surface area contributed by atoms with Crippen LogP contribution in [-0.2, 0) is 11.8 Å². The summed E-state index contributed by atoms with van der Waals surface area (Å²) in [5.74, 6) is -1.70. The number of benzene rings is 1. The average Bonchev–Trinajstić information content (AvgIpc) is 3.00. The molecule has 0 aliphatic carbocycles. The number of piperidine rings is 1. The third-order valence-corrected chi connectivity index (χ3v) is 4.76. The summed E-state index contributed by atoms with van der Waals surface area (Å²) in [5, 5.41) is 16.2. The number of carbonyl (C=O) groups excluding carboxylic acids is 2. The molecule has 0 bridgehead atoms. The van der Waals surface area contributed by atoms with Crippen LogP contribution in [-0.4, -0.2) is 50.2 Å². The molecule has 3 rings (SSSR count). The molecule has 8 heteroatoms. The second kappa shape index (κ2) is 7.61. The van der Waals surface area contributed by atoms with Crippen molar-refractivity contribution in [1.82, 2.24) is 14.7 Å². The number of nitrogens with one attached hydrogen (secondary N) is 1. The van der Waals surface area contributed by atoms with Crippen molar-refractivity contribution in [1.29, 1.82) is 0 Å². The van der Waals surface area contributed by atoms with Gasteiger partial charge in [0, 0.05) is 30.5 Å². The van der Waals surface area contributed by atoms with Gasteiger partial charge in [0.2, 0.25) is 0 Å². The molecule has 2 heterocycles. The number of aromatic nitrogens is 2. The molecule has 2 aromatic rings. The summed E-state index contributed by atoms with van der Waals surface area (Å²) in [6, 6.07) is 7.39. The number of hydrogen-bond acceptors (Lipinski definition) is 4.